The first-order chi connectivity index (χ1) is 17.6. The first-order valence-electron chi connectivity index (χ1n) is 12.3. The zero-order valence-electron chi connectivity index (χ0n) is 20.5. The fraction of sp³-hybridized carbons (Fsp3) is 0.370. The normalized spacial score (nSPS) is 21.4. The molecule has 2 aliphatic rings. The lowest BCUT2D eigenvalue weighted by molar-refractivity contribution is -0.115. The van der Waals surface area contributed by atoms with Crippen LogP contribution in [0.4, 0.5) is 11.4 Å². The summed E-state index contributed by atoms with van der Waals surface area (Å²) >= 11 is 5.88. The van der Waals surface area contributed by atoms with Gasteiger partial charge >= 0.3 is 0 Å². The van der Waals surface area contributed by atoms with E-state index in [1.807, 2.05) is 43.3 Å². The van der Waals surface area contributed by atoms with Crippen LogP contribution in [0.5, 0.6) is 5.75 Å². The van der Waals surface area contributed by atoms with E-state index in [0.29, 0.717) is 23.0 Å². The molecular formula is C27H31N5O3S. The molecule has 1 aromatic carbocycles. The van der Waals surface area contributed by atoms with Crippen LogP contribution in [0.2, 0.25) is 0 Å². The summed E-state index contributed by atoms with van der Waals surface area (Å²) in [4.78, 5) is 18.8. The number of methoxy groups -OCH3 is 1. The Bertz CT molecular complexity index is 1230. The number of ether oxygens (including phenoxy) is 2. The Morgan fingerprint density at radius 2 is 2.17 bits per heavy atom. The number of amides is 1. The molecule has 3 aromatic rings. The van der Waals surface area contributed by atoms with Crippen LogP contribution in [-0.2, 0) is 16.1 Å². The Morgan fingerprint density at radius 3 is 2.89 bits per heavy atom. The van der Waals surface area contributed by atoms with Crippen molar-refractivity contribution in [3.8, 4) is 5.75 Å². The molecule has 9 heteroatoms. The number of nitrogens with one attached hydrogen (secondary N) is 2. The lowest BCUT2D eigenvalue weighted by Gasteiger charge is -2.30. The summed E-state index contributed by atoms with van der Waals surface area (Å²) in [6.45, 7) is 3.43. The van der Waals surface area contributed by atoms with Crippen molar-refractivity contribution in [2.24, 2.45) is 0 Å². The number of pyridine rings is 1. The molecule has 1 amide bonds. The molecule has 188 valence electrons. The SMILES string of the molecule is CCC(=O)Nc1ccc(N2C(=S)NC(c3ccccn3)C2c2cccn2CC2CCCO2)cc1OC. The quantitative estimate of drug-likeness (QED) is 0.433. The summed E-state index contributed by atoms with van der Waals surface area (Å²) in [6, 6.07) is 15.6. The van der Waals surface area contributed by atoms with E-state index in [1.54, 1.807) is 13.3 Å². The molecule has 4 heterocycles. The second-order valence-corrected chi connectivity index (χ2v) is 9.39. The number of benzene rings is 1. The van der Waals surface area contributed by atoms with Crippen molar-refractivity contribution in [1.82, 2.24) is 14.9 Å². The van der Waals surface area contributed by atoms with Gasteiger partial charge in [0, 0.05) is 49.4 Å². The van der Waals surface area contributed by atoms with Gasteiger partial charge in [-0.15, -0.1) is 0 Å². The van der Waals surface area contributed by atoms with Gasteiger partial charge in [0.05, 0.1) is 30.6 Å². The first-order valence-corrected chi connectivity index (χ1v) is 12.7. The van der Waals surface area contributed by atoms with Gasteiger partial charge in [-0.25, -0.2) is 0 Å². The monoisotopic (exact) mass is 505 g/mol. The smallest absolute Gasteiger partial charge is 0.224 e. The molecule has 2 saturated heterocycles. The minimum absolute atomic E-state index is 0.0699. The molecular weight excluding hydrogens is 474 g/mol. The fourth-order valence-corrected chi connectivity index (χ4v) is 5.32. The van der Waals surface area contributed by atoms with Gasteiger partial charge in [0.25, 0.3) is 0 Å². The Balaban J connectivity index is 1.55. The van der Waals surface area contributed by atoms with Gasteiger partial charge in [0.15, 0.2) is 5.11 Å². The topological polar surface area (TPSA) is 80.7 Å². The predicted molar refractivity (Wildman–Crippen MR) is 143 cm³/mol. The third kappa shape index (κ3) is 4.81. The highest BCUT2D eigenvalue weighted by atomic mass is 32.1. The van der Waals surface area contributed by atoms with Crippen molar-refractivity contribution >= 4 is 34.6 Å². The van der Waals surface area contributed by atoms with Gasteiger partial charge in [0.2, 0.25) is 5.91 Å². The van der Waals surface area contributed by atoms with Crippen LogP contribution in [0.25, 0.3) is 0 Å². The number of hydrogen-bond acceptors (Lipinski definition) is 5. The molecule has 8 nitrogen and oxygen atoms in total. The van der Waals surface area contributed by atoms with Crippen molar-refractivity contribution in [1.29, 1.82) is 0 Å². The van der Waals surface area contributed by atoms with E-state index < -0.39 is 0 Å². The van der Waals surface area contributed by atoms with Crippen molar-refractivity contribution in [3.63, 3.8) is 0 Å². The van der Waals surface area contributed by atoms with Crippen LogP contribution in [-0.4, -0.2) is 40.4 Å². The largest absolute Gasteiger partial charge is 0.494 e. The second kappa shape index (κ2) is 10.7. The second-order valence-electron chi connectivity index (χ2n) is 9.00. The third-order valence-corrected chi connectivity index (χ3v) is 7.06. The summed E-state index contributed by atoms with van der Waals surface area (Å²) in [5.41, 5.74) is 3.53. The van der Waals surface area contributed by atoms with Crippen LogP contribution >= 0.6 is 12.2 Å². The summed E-state index contributed by atoms with van der Waals surface area (Å²) in [5.74, 6) is 0.506. The van der Waals surface area contributed by atoms with E-state index in [4.69, 9.17) is 21.7 Å². The lowest BCUT2D eigenvalue weighted by Crippen LogP contribution is -2.31. The number of rotatable bonds is 8. The molecule has 2 aromatic heterocycles. The van der Waals surface area contributed by atoms with Crippen LogP contribution in [0, 0.1) is 0 Å². The van der Waals surface area contributed by atoms with Crippen molar-refractivity contribution in [2.45, 2.75) is 50.9 Å². The first kappa shape index (κ1) is 24.3. The van der Waals surface area contributed by atoms with E-state index in [1.165, 1.54) is 0 Å². The molecule has 5 rings (SSSR count). The van der Waals surface area contributed by atoms with Crippen LogP contribution in [0.15, 0.2) is 60.9 Å². The fourth-order valence-electron chi connectivity index (χ4n) is 4.97. The maximum absolute atomic E-state index is 12.0. The highest BCUT2D eigenvalue weighted by Gasteiger charge is 2.42. The highest BCUT2D eigenvalue weighted by molar-refractivity contribution is 7.80. The van der Waals surface area contributed by atoms with Crippen LogP contribution < -0.4 is 20.3 Å². The van der Waals surface area contributed by atoms with Gasteiger partial charge in [-0.2, -0.15) is 0 Å². The molecule has 3 atom stereocenters. The number of hydrogen-bond donors (Lipinski definition) is 2. The summed E-state index contributed by atoms with van der Waals surface area (Å²) < 4.78 is 13.8. The zero-order chi connectivity index (χ0) is 25.1. The number of thiocarbonyl (C=S) groups is 1. The van der Waals surface area contributed by atoms with E-state index in [-0.39, 0.29) is 24.1 Å². The summed E-state index contributed by atoms with van der Waals surface area (Å²) in [5, 5.41) is 7.02. The van der Waals surface area contributed by atoms with Crippen molar-refractivity contribution in [3.05, 3.63) is 72.3 Å². The Morgan fingerprint density at radius 1 is 1.28 bits per heavy atom. The Hall–Kier alpha value is -3.43. The zero-order valence-corrected chi connectivity index (χ0v) is 21.3. The maximum Gasteiger partial charge on any atom is 0.224 e. The van der Waals surface area contributed by atoms with E-state index in [9.17, 15) is 4.79 Å². The van der Waals surface area contributed by atoms with Gasteiger partial charge in [0.1, 0.15) is 11.8 Å². The Labute approximate surface area is 216 Å². The van der Waals surface area contributed by atoms with Gasteiger partial charge in [-0.05, 0) is 61.5 Å². The molecule has 0 aliphatic carbocycles. The predicted octanol–water partition coefficient (Wildman–Crippen LogP) is 4.60. The van der Waals surface area contributed by atoms with Crippen molar-refractivity contribution < 1.29 is 14.3 Å². The molecule has 0 radical (unpaired) electrons. The number of aromatic nitrogens is 2. The third-order valence-electron chi connectivity index (χ3n) is 6.75. The number of carbonyl (C=O) groups is 1. The molecule has 2 N–H and O–H groups in total. The number of anilines is 2. The average molecular weight is 506 g/mol. The van der Waals surface area contributed by atoms with Gasteiger partial charge in [-0.3, -0.25) is 9.78 Å². The summed E-state index contributed by atoms with van der Waals surface area (Å²) in [7, 11) is 1.60. The molecule has 0 saturated carbocycles. The van der Waals surface area contributed by atoms with E-state index >= 15 is 0 Å². The highest BCUT2D eigenvalue weighted by Crippen LogP contribution is 2.43. The lowest BCUT2D eigenvalue weighted by atomic mass is 10.0. The van der Waals surface area contributed by atoms with Crippen LogP contribution in [0.1, 0.15) is 49.7 Å². The molecule has 0 spiro atoms. The maximum atomic E-state index is 12.0. The standard InChI is InChI=1S/C27H31N5O3S/c1-3-24(33)29-20-12-11-18(16-23(20)34-2)32-26(25(30-27(32)36)21-9-4-5-13-28-21)22-10-6-14-31(22)17-19-8-7-15-35-19/h4-6,9-14,16,19,25-26H,3,7-8,15,17H2,1-2H3,(H,29,33)(H,30,36). The Kier molecular flexibility index (Phi) is 7.20. The average Bonchev–Trinajstić information content (AvgIpc) is 3.65. The molecule has 2 aliphatic heterocycles. The van der Waals surface area contributed by atoms with Crippen LogP contribution in [0.3, 0.4) is 0 Å². The number of nitrogens with zero attached hydrogens (tertiary/aromatic N) is 3. The molecule has 2 fully saturated rings. The molecule has 0 bridgehead atoms. The minimum atomic E-state index is -0.151. The molecule has 3 unspecified atom stereocenters. The van der Waals surface area contributed by atoms with Gasteiger partial charge < -0.3 is 29.6 Å². The van der Waals surface area contributed by atoms with E-state index in [2.05, 4.69) is 43.4 Å². The minimum Gasteiger partial charge on any atom is -0.494 e. The van der Waals surface area contributed by atoms with Gasteiger partial charge in [-0.1, -0.05) is 13.0 Å². The summed E-state index contributed by atoms with van der Waals surface area (Å²) in [6.07, 6.45) is 6.67. The van der Waals surface area contributed by atoms with E-state index in [0.717, 1.165) is 43.1 Å². The number of carbonyl (C=O) groups excluding carboxylic acids is 1. The van der Waals surface area contributed by atoms with Crippen molar-refractivity contribution in [2.75, 3.05) is 23.9 Å². The molecule has 36 heavy (non-hydrogen) atoms.